The molecule has 0 bridgehead atoms. The minimum absolute atomic E-state index is 0.0400. The van der Waals surface area contributed by atoms with Crippen LogP contribution < -0.4 is 10.1 Å². The van der Waals surface area contributed by atoms with Gasteiger partial charge in [-0.15, -0.1) is 10.2 Å². The van der Waals surface area contributed by atoms with Crippen molar-refractivity contribution in [1.29, 1.82) is 0 Å². The van der Waals surface area contributed by atoms with Gasteiger partial charge in [-0.1, -0.05) is 46.5 Å². The maximum atomic E-state index is 12.2. The summed E-state index contributed by atoms with van der Waals surface area (Å²) in [6, 6.07) is 3.95. The normalized spacial score (nSPS) is 15.2. The highest BCUT2D eigenvalue weighted by Crippen LogP contribution is 2.35. The second-order valence-electron chi connectivity index (χ2n) is 6.49. The van der Waals surface area contributed by atoms with Crippen LogP contribution >= 0.6 is 27.3 Å². The molecular weight excluding hydrogens is 402 g/mol. The van der Waals surface area contributed by atoms with Gasteiger partial charge in [0.15, 0.2) is 6.61 Å². The predicted octanol–water partition coefficient (Wildman–Crippen LogP) is 4.98. The van der Waals surface area contributed by atoms with Crippen molar-refractivity contribution >= 4 is 38.3 Å². The highest BCUT2D eigenvalue weighted by Gasteiger charge is 2.20. The second kappa shape index (κ2) is 8.27. The molecule has 1 saturated carbocycles. The molecule has 1 heterocycles. The van der Waals surface area contributed by atoms with Crippen LogP contribution in [0.2, 0.25) is 0 Å². The van der Waals surface area contributed by atoms with Gasteiger partial charge in [-0.2, -0.15) is 0 Å². The van der Waals surface area contributed by atoms with Gasteiger partial charge in [0.1, 0.15) is 10.8 Å². The number of nitrogens with one attached hydrogen (secondary N) is 1. The van der Waals surface area contributed by atoms with Gasteiger partial charge in [0.2, 0.25) is 5.13 Å². The molecule has 25 heavy (non-hydrogen) atoms. The number of hydrogen-bond donors (Lipinski definition) is 1. The van der Waals surface area contributed by atoms with Gasteiger partial charge in [0, 0.05) is 10.4 Å². The molecular formula is C18H22BrN3O2S. The fourth-order valence-corrected chi connectivity index (χ4v) is 4.83. The van der Waals surface area contributed by atoms with E-state index in [1.807, 2.05) is 26.0 Å². The van der Waals surface area contributed by atoms with E-state index in [1.165, 1.54) is 43.4 Å². The summed E-state index contributed by atoms with van der Waals surface area (Å²) in [5, 5.41) is 12.8. The number of ether oxygens (including phenoxy) is 1. The Morgan fingerprint density at radius 2 is 1.92 bits per heavy atom. The third kappa shape index (κ3) is 4.79. The maximum Gasteiger partial charge on any atom is 0.264 e. The molecule has 1 amide bonds. The third-order valence-corrected chi connectivity index (χ3v) is 5.87. The third-order valence-electron chi connectivity index (χ3n) is 4.41. The minimum atomic E-state index is -0.215. The number of carbonyl (C=O) groups is 1. The Labute approximate surface area is 160 Å². The molecule has 1 N–H and O–H groups in total. The van der Waals surface area contributed by atoms with E-state index in [4.69, 9.17) is 4.74 Å². The summed E-state index contributed by atoms with van der Waals surface area (Å²) in [5.41, 5.74) is 1.99. The van der Waals surface area contributed by atoms with Gasteiger partial charge < -0.3 is 4.74 Å². The molecule has 0 unspecified atom stereocenters. The van der Waals surface area contributed by atoms with Crippen LogP contribution in [0.5, 0.6) is 5.75 Å². The molecule has 0 spiro atoms. The highest BCUT2D eigenvalue weighted by molar-refractivity contribution is 9.10. The summed E-state index contributed by atoms with van der Waals surface area (Å²) in [5.74, 6) is 1.03. The zero-order valence-corrected chi connectivity index (χ0v) is 16.9. The van der Waals surface area contributed by atoms with E-state index >= 15 is 0 Å². The van der Waals surface area contributed by atoms with E-state index in [1.54, 1.807) is 0 Å². The molecule has 2 aromatic rings. The smallest absolute Gasteiger partial charge is 0.264 e. The largest absolute Gasteiger partial charge is 0.483 e. The minimum Gasteiger partial charge on any atom is -0.483 e. The SMILES string of the molecule is Cc1cc(Br)cc(C)c1OCC(=O)Nc1nnc(C2CCCCC2)s1. The number of aromatic nitrogens is 2. The van der Waals surface area contributed by atoms with Crippen LogP contribution in [0.25, 0.3) is 0 Å². The van der Waals surface area contributed by atoms with Gasteiger partial charge in [-0.25, -0.2) is 0 Å². The summed E-state index contributed by atoms with van der Waals surface area (Å²) in [7, 11) is 0. The molecule has 0 saturated heterocycles. The Balaban J connectivity index is 1.55. The van der Waals surface area contributed by atoms with E-state index in [0.717, 1.165) is 26.4 Å². The monoisotopic (exact) mass is 423 g/mol. The predicted molar refractivity (Wildman–Crippen MR) is 103 cm³/mol. The van der Waals surface area contributed by atoms with Gasteiger partial charge in [0.05, 0.1) is 0 Å². The van der Waals surface area contributed by atoms with E-state index < -0.39 is 0 Å². The molecule has 1 aliphatic carbocycles. The maximum absolute atomic E-state index is 12.2. The number of amides is 1. The fourth-order valence-electron chi connectivity index (χ4n) is 3.22. The van der Waals surface area contributed by atoms with Crippen LogP contribution in [-0.4, -0.2) is 22.7 Å². The van der Waals surface area contributed by atoms with Gasteiger partial charge in [-0.3, -0.25) is 10.1 Å². The number of carbonyl (C=O) groups excluding carboxylic acids is 1. The molecule has 1 aromatic carbocycles. The standard InChI is InChI=1S/C18H22BrN3O2S/c1-11-8-14(19)9-12(2)16(11)24-10-15(23)20-18-22-21-17(25-18)13-6-4-3-5-7-13/h8-9,13H,3-7,10H2,1-2H3,(H,20,22,23). The second-order valence-corrected chi connectivity index (χ2v) is 8.41. The summed E-state index contributed by atoms with van der Waals surface area (Å²) in [4.78, 5) is 12.2. The van der Waals surface area contributed by atoms with Crippen molar-refractivity contribution < 1.29 is 9.53 Å². The van der Waals surface area contributed by atoms with E-state index in [-0.39, 0.29) is 12.5 Å². The molecule has 0 atom stereocenters. The van der Waals surface area contributed by atoms with Gasteiger partial charge in [-0.05, 0) is 49.9 Å². The zero-order valence-electron chi connectivity index (χ0n) is 14.5. The number of aryl methyl sites for hydroxylation is 2. The molecule has 0 aliphatic heterocycles. The van der Waals surface area contributed by atoms with Crippen LogP contribution in [0.4, 0.5) is 5.13 Å². The van der Waals surface area contributed by atoms with Crippen molar-refractivity contribution in [3.05, 3.63) is 32.7 Å². The zero-order chi connectivity index (χ0) is 17.8. The van der Waals surface area contributed by atoms with Crippen LogP contribution in [0.15, 0.2) is 16.6 Å². The molecule has 1 aromatic heterocycles. The van der Waals surface area contributed by atoms with Gasteiger partial charge >= 0.3 is 0 Å². The molecule has 7 heteroatoms. The number of rotatable bonds is 5. The van der Waals surface area contributed by atoms with Crippen LogP contribution in [-0.2, 0) is 4.79 Å². The Kier molecular flexibility index (Phi) is 6.06. The molecule has 1 fully saturated rings. The number of anilines is 1. The molecule has 1 aliphatic rings. The summed E-state index contributed by atoms with van der Waals surface area (Å²) in [6.45, 7) is 3.89. The van der Waals surface area contributed by atoms with Gasteiger partial charge in [0.25, 0.3) is 5.91 Å². The number of halogens is 1. The van der Waals surface area contributed by atoms with E-state index in [2.05, 4.69) is 31.4 Å². The van der Waals surface area contributed by atoms with E-state index in [0.29, 0.717) is 11.0 Å². The lowest BCUT2D eigenvalue weighted by molar-refractivity contribution is -0.118. The number of nitrogens with zero attached hydrogens (tertiary/aromatic N) is 2. The van der Waals surface area contributed by atoms with Crippen molar-refractivity contribution in [3.63, 3.8) is 0 Å². The number of hydrogen-bond acceptors (Lipinski definition) is 5. The molecule has 0 radical (unpaired) electrons. The van der Waals surface area contributed by atoms with Crippen molar-refractivity contribution in [2.45, 2.75) is 51.9 Å². The van der Waals surface area contributed by atoms with Crippen LogP contribution in [0.3, 0.4) is 0 Å². The lowest BCUT2D eigenvalue weighted by Crippen LogP contribution is -2.20. The first-order chi connectivity index (χ1) is 12.0. The lowest BCUT2D eigenvalue weighted by Gasteiger charge is -2.18. The van der Waals surface area contributed by atoms with Crippen LogP contribution in [0, 0.1) is 13.8 Å². The van der Waals surface area contributed by atoms with Crippen molar-refractivity contribution in [2.75, 3.05) is 11.9 Å². The first-order valence-corrected chi connectivity index (χ1v) is 10.2. The van der Waals surface area contributed by atoms with Crippen molar-refractivity contribution in [1.82, 2.24) is 10.2 Å². The number of benzene rings is 1. The lowest BCUT2D eigenvalue weighted by atomic mass is 9.90. The first kappa shape index (κ1) is 18.3. The molecule has 3 rings (SSSR count). The Morgan fingerprint density at radius 3 is 2.60 bits per heavy atom. The average Bonchev–Trinajstić information content (AvgIpc) is 3.03. The quantitative estimate of drug-likeness (QED) is 0.735. The average molecular weight is 424 g/mol. The first-order valence-electron chi connectivity index (χ1n) is 8.55. The van der Waals surface area contributed by atoms with E-state index in [9.17, 15) is 4.79 Å². The van der Waals surface area contributed by atoms with Crippen molar-refractivity contribution in [2.24, 2.45) is 0 Å². The van der Waals surface area contributed by atoms with Crippen molar-refractivity contribution in [3.8, 4) is 5.75 Å². The molecule has 5 nitrogen and oxygen atoms in total. The summed E-state index contributed by atoms with van der Waals surface area (Å²) < 4.78 is 6.71. The summed E-state index contributed by atoms with van der Waals surface area (Å²) >= 11 is 4.94. The fraction of sp³-hybridized carbons (Fsp3) is 0.500. The summed E-state index contributed by atoms with van der Waals surface area (Å²) in [6.07, 6.45) is 6.17. The highest BCUT2D eigenvalue weighted by atomic mass is 79.9. The Bertz CT molecular complexity index is 734. The topological polar surface area (TPSA) is 64.1 Å². The molecule has 134 valence electrons. The Hall–Kier alpha value is -1.47. The van der Waals surface area contributed by atoms with Crippen LogP contribution in [0.1, 0.15) is 54.2 Å². The Morgan fingerprint density at radius 1 is 1.24 bits per heavy atom.